The van der Waals surface area contributed by atoms with Crippen molar-refractivity contribution in [1.29, 1.82) is 0 Å². The summed E-state index contributed by atoms with van der Waals surface area (Å²) < 4.78 is 10.5. The first kappa shape index (κ1) is 10.3. The largest absolute Gasteiger partial charge is 0.376 e. The van der Waals surface area contributed by atoms with Gasteiger partial charge in [-0.1, -0.05) is 30.3 Å². The standard InChI is InChI=1S/C12H14O3/c13-11(12-9-14-6-7-15-12)8-10-4-2-1-3-5-10/h1-5,12H,6-9H2. The highest BCUT2D eigenvalue weighted by Gasteiger charge is 2.22. The number of carbonyl (C=O) groups is 1. The highest BCUT2D eigenvalue weighted by Crippen LogP contribution is 2.07. The van der Waals surface area contributed by atoms with Gasteiger partial charge in [0, 0.05) is 6.42 Å². The fourth-order valence-corrected chi connectivity index (χ4v) is 1.58. The molecule has 3 nitrogen and oxygen atoms in total. The maximum absolute atomic E-state index is 11.8. The molecule has 0 radical (unpaired) electrons. The Morgan fingerprint density at radius 2 is 2.07 bits per heavy atom. The summed E-state index contributed by atoms with van der Waals surface area (Å²) in [5.41, 5.74) is 1.02. The minimum atomic E-state index is -0.376. The molecule has 0 aliphatic carbocycles. The Labute approximate surface area is 89.0 Å². The third kappa shape index (κ3) is 2.88. The second kappa shape index (κ2) is 5.05. The number of rotatable bonds is 3. The molecule has 1 atom stereocenters. The van der Waals surface area contributed by atoms with Gasteiger partial charge in [-0.15, -0.1) is 0 Å². The molecule has 0 amide bonds. The quantitative estimate of drug-likeness (QED) is 0.745. The van der Waals surface area contributed by atoms with E-state index in [1.807, 2.05) is 30.3 Å². The van der Waals surface area contributed by atoms with Crippen molar-refractivity contribution in [3.8, 4) is 0 Å². The number of ether oxygens (including phenoxy) is 2. The molecule has 80 valence electrons. The van der Waals surface area contributed by atoms with Gasteiger partial charge in [-0.2, -0.15) is 0 Å². The van der Waals surface area contributed by atoms with Gasteiger partial charge in [0.2, 0.25) is 0 Å². The first-order chi connectivity index (χ1) is 7.36. The van der Waals surface area contributed by atoms with Crippen LogP contribution in [0.2, 0.25) is 0 Å². The summed E-state index contributed by atoms with van der Waals surface area (Å²) in [6.45, 7) is 1.51. The van der Waals surface area contributed by atoms with Crippen molar-refractivity contribution in [3.63, 3.8) is 0 Å². The molecule has 15 heavy (non-hydrogen) atoms. The van der Waals surface area contributed by atoms with Gasteiger partial charge < -0.3 is 9.47 Å². The predicted octanol–water partition coefficient (Wildman–Crippen LogP) is 1.21. The first-order valence-electron chi connectivity index (χ1n) is 5.12. The molecular formula is C12H14O3. The zero-order valence-corrected chi connectivity index (χ0v) is 8.52. The van der Waals surface area contributed by atoms with Crippen LogP contribution < -0.4 is 0 Å². The molecule has 1 aromatic rings. The third-order valence-electron chi connectivity index (χ3n) is 2.40. The van der Waals surface area contributed by atoms with E-state index >= 15 is 0 Å². The fraction of sp³-hybridized carbons (Fsp3) is 0.417. The van der Waals surface area contributed by atoms with Crippen molar-refractivity contribution in [2.45, 2.75) is 12.5 Å². The Morgan fingerprint density at radius 3 is 2.73 bits per heavy atom. The van der Waals surface area contributed by atoms with E-state index in [9.17, 15) is 4.79 Å². The van der Waals surface area contributed by atoms with Crippen molar-refractivity contribution >= 4 is 5.78 Å². The Hall–Kier alpha value is -1.19. The van der Waals surface area contributed by atoms with E-state index in [-0.39, 0.29) is 11.9 Å². The molecule has 1 unspecified atom stereocenters. The predicted molar refractivity (Wildman–Crippen MR) is 55.7 cm³/mol. The molecule has 3 heteroatoms. The van der Waals surface area contributed by atoms with Crippen LogP contribution in [0.5, 0.6) is 0 Å². The van der Waals surface area contributed by atoms with Crippen LogP contribution in [0.1, 0.15) is 5.56 Å². The fourth-order valence-electron chi connectivity index (χ4n) is 1.58. The van der Waals surface area contributed by atoms with Crippen molar-refractivity contribution in [3.05, 3.63) is 35.9 Å². The van der Waals surface area contributed by atoms with Gasteiger partial charge in [0.1, 0.15) is 6.10 Å². The molecule has 1 fully saturated rings. The minimum absolute atomic E-state index is 0.0981. The summed E-state index contributed by atoms with van der Waals surface area (Å²) in [7, 11) is 0. The number of hydrogen-bond acceptors (Lipinski definition) is 3. The van der Waals surface area contributed by atoms with E-state index in [2.05, 4.69) is 0 Å². The van der Waals surface area contributed by atoms with Crippen LogP contribution in [0.25, 0.3) is 0 Å². The average molecular weight is 206 g/mol. The van der Waals surface area contributed by atoms with Crippen LogP contribution in [-0.2, 0) is 20.7 Å². The minimum Gasteiger partial charge on any atom is -0.376 e. The van der Waals surface area contributed by atoms with Crippen LogP contribution in [0.15, 0.2) is 30.3 Å². The number of carbonyl (C=O) groups excluding carboxylic acids is 1. The van der Waals surface area contributed by atoms with Crippen LogP contribution in [0.3, 0.4) is 0 Å². The lowest BCUT2D eigenvalue weighted by molar-refractivity contribution is -0.144. The van der Waals surface area contributed by atoms with Crippen molar-refractivity contribution in [1.82, 2.24) is 0 Å². The van der Waals surface area contributed by atoms with Gasteiger partial charge >= 0.3 is 0 Å². The Morgan fingerprint density at radius 1 is 1.27 bits per heavy atom. The topological polar surface area (TPSA) is 35.5 Å². The van der Waals surface area contributed by atoms with Gasteiger partial charge in [-0.05, 0) is 5.56 Å². The van der Waals surface area contributed by atoms with Crippen LogP contribution in [-0.4, -0.2) is 31.7 Å². The first-order valence-corrected chi connectivity index (χ1v) is 5.12. The third-order valence-corrected chi connectivity index (χ3v) is 2.40. The summed E-state index contributed by atoms with van der Waals surface area (Å²) in [6.07, 6.45) is 0.0495. The zero-order chi connectivity index (χ0) is 10.5. The molecule has 0 aromatic heterocycles. The molecule has 0 spiro atoms. The van der Waals surface area contributed by atoms with E-state index in [0.717, 1.165) is 5.56 Å². The summed E-state index contributed by atoms with van der Waals surface area (Å²) in [5.74, 6) is 0.0981. The SMILES string of the molecule is O=C(Cc1ccccc1)C1COCCO1. The van der Waals surface area contributed by atoms with Crippen LogP contribution in [0, 0.1) is 0 Å². The number of ketones is 1. The molecule has 1 aliphatic heterocycles. The Balaban J connectivity index is 1.91. The summed E-state index contributed by atoms with van der Waals surface area (Å²) in [5, 5.41) is 0. The lowest BCUT2D eigenvalue weighted by atomic mass is 10.1. The molecular weight excluding hydrogens is 192 g/mol. The zero-order valence-electron chi connectivity index (χ0n) is 8.52. The van der Waals surface area contributed by atoms with Crippen LogP contribution >= 0.6 is 0 Å². The summed E-state index contributed by atoms with van der Waals surface area (Å²) in [6, 6.07) is 9.69. The van der Waals surface area contributed by atoms with E-state index in [1.54, 1.807) is 0 Å². The highest BCUT2D eigenvalue weighted by atomic mass is 16.6. The Kier molecular flexibility index (Phi) is 3.48. The monoisotopic (exact) mass is 206 g/mol. The smallest absolute Gasteiger partial charge is 0.168 e. The summed E-state index contributed by atoms with van der Waals surface area (Å²) in [4.78, 5) is 11.8. The van der Waals surface area contributed by atoms with Gasteiger partial charge in [-0.3, -0.25) is 4.79 Å². The van der Waals surface area contributed by atoms with E-state index in [0.29, 0.717) is 26.2 Å². The van der Waals surface area contributed by atoms with Crippen molar-refractivity contribution in [2.24, 2.45) is 0 Å². The maximum Gasteiger partial charge on any atom is 0.168 e. The molecule has 1 heterocycles. The van der Waals surface area contributed by atoms with Crippen molar-refractivity contribution < 1.29 is 14.3 Å². The molecule has 1 aromatic carbocycles. The second-order valence-corrected chi connectivity index (χ2v) is 3.56. The van der Waals surface area contributed by atoms with Crippen LogP contribution in [0.4, 0.5) is 0 Å². The highest BCUT2D eigenvalue weighted by molar-refractivity contribution is 5.85. The number of hydrogen-bond donors (Lipinski definition) is 0. The molecule has 1 saturated heterocycles. The molecule has 2 rings (SSSR count). The van der Waals surface area contributed by atoms with Crippen molar-refractivity contribution in [2.75, 3.05) is 19.8 Å². The lowest BCUT2D eigenvalue weighted by Crippen LogP contribution is -2.36. The summed E-state index contributed by atoms with van der Waals surface area (Å²) >= 11 is 0. The molecule has 0 bridgehead atoms. The molecule has 0 saturated carbocycles. The number of Topliss-reactive ketones (excluding diaryl/α,β-unsaturated/α-hetero) is 1. The van der Waals surface area contributed by atoms with E-state index in [1.165, 1.54) is 0 Å². The van der Waals surface area contributed by atoms with E-state index < -0.39 is 0 Å². The van der Waals surface area contributed by atoms with Gasteiger partial charge in [0.05, 0.1) is 19.8 Å². The lowest BCUT2D eigenvalue weighted by Gasteiger charge is -2.21. The van der Waals surface area contributed by atoms with Gasteiger partial charge in [-0.25, -0.2) is 0 Å². The maximum atomic E-state index is 11.8. The average Bonchev–Trinajstić information content (AvgIpc) is 2.31. The van der Waals surface area contributed by atoms with E-state index in [4.69, 9.17) is 9.47 Å². The molecule has 1 aliphatic rings. The van der Waals surface area contributed by atoms with Gasteiger partial charge in [0.25, 0.3) is 0 Å². The van der Waals surface area contributed by atoms with Gasteiger partial charge in [0.15, 0.2) is 5.78 Å². The Bertz CT molecular complexity index is 315. The number of benzene rings is 1. The normalized spacial score (nSPS) is 21.2. The second-order valence-electron chi connectivity index (χ2n) is 3.56. The molecule has 0 N–H and O–H groups in total.